The van der Waals surface area contributed by atoms with Crippen LogP contribution in [-0.4, -0.2) is 32.4 Å². The van der Waals surface area contributed by atoms with Gasteiger partial charge in [0.15, 0.2) is 0 Å². The molecular formula is C21H25N7O. The summed E-state index contributed by atoms with van der Waals surface area (Å²) >= 11 is 0. The van der Waals surface area contributed by atoms with E-state index in [0.717, 1.165) is 42.3 Å². The first-order valence-corrected chi connectivity index (χ1v) is 9.77. The summed E-state index contributed by atoms with van der Waals surface area (Å²) in [4.78, 5) is 25.0. The molecule has 4 rings (SSSR count). The van der Waals surface area contributed by atoms with Crippen LogP contribution >= 0.6 is 0 Å². The number of primary amides is 1. The lowest BCUT2D eigenvalue weighted by atomic mass is 9.79. The smallest absolute Gasteiger partial charge is 0.254 e. The lowest BCUT2D eigenvalue weighted by molar-refractivity contribution is 0.100. The SMILES string of the molecule is C[C@@]1(Nc2ncc(C(N)=O)c(Nc3ccc4ncccc4c3)n2)CCCC[C@@H]1N. The predicted molar refractivity (Wildman–Crippen MR) is 114 cm³/mol. The number of nitrogens with one attached hydrogen (secondary N) is 2. The topological polar surface area (TPSA) is 132 Å². The van der Waals surface area contributed by atoms with E-state index in [4.69, 9.17) is 11.5 Å². The van der Waals surface area contributed by atoms with Crippen LogP contribution in [0.3, 0.4) is 0 Å². The number of carbonyl (C=O) groups excluding carboxylic acids is 1. The summed E-state index contributed by atoms with van der Waals surface area (Å²) in [6, 6.07) is 9.60. The van der Waals surface area contributed by atoms with E-state index in [0.29, 0.717) is 11.8 Å². The molecule has 8 heteroatoms. The first-order chi connectivity index (χ1) is 13.9. The Morgan fingerprint density at radius 3 is 2.90 bits per heavy atom. The molecule has 0 radical (unpaired) electrons. The monoisotopic (exact) mass is 391 g/mol. The Hall–Kier alpha value is -3.26. The second kappa shape index (κ2) is 7.63. The fraction of sp³-hybridized carbons (Fsp3) is 0.333. The Kier molecular flexibility index (Phi) is 5.02. The van der Waals surface area contributed by atoms with Gasteiger partial charge in [-0.05, 0) is 44.0 Å². The van der Waals surface area contributed by atoms with Crippen molar-refractivity contribution in [1.82, 2.24) is 15.0 Å². The molecule has 8 nitrogen and oxygen atoms in total. The van der Waals surface area contributed by atoms with Crippen LogP contribution in [0, 0.1) is 0 Å². The molecule has 2 atom stereocenters. The van der Waals surface area contributed by atoms with Crippen LogP contribution in [0.25, 0.3) is 10.9 Å². The molecule has 0 saturated heterocycles. The van der Waals surface area contributed by atoms with Crippen molar-refractivity contribution in [3.63, 3.8) is 0 Å². The van der Waals surface area contributed by atoms with Crippen LogP contribution < -0.4 is 22.1 Å². The van der Waals surface area contributed by atoms with Crippen LogP contribution in [0.4, 0.5) is 17.5 Å². The number of rotatable bonds is 5. The summed E-state index contributed by atoms with van der Waals surface area (Å²) in [7, 11) is 0. The zero-order valence-corrected chi connectivity index (χ0v) is 16.4. The number of anilines is 3. The van der Waals surface area contributed by atoms with Gasteiger partial charge < -0.3 is 22.1 Å². The van der Waals surface area contributed by atoms with E-state index in [1.165, 1.54) is 6.20 Å². The third-order valence-corrected chi connectivity index (χ3v) is 5.60. The van der Waals surface area contributed by atoms with E-state index in [2.05, 4.69) is 32.5 Å². The van der Waals surface area contributed by atoms with Crippen molar-refractivity contribution in [2.45, 2.75) is 44.2 Å². The van der Waals surface area contributed by atoms with E-state index in [9.17, 15) is 4.79 Å². The summed E-state index contributed by atoms with van der Waals surface area (Å²) in [5, 5.41) is 7.55. The largest absolute Gasteiger partial charge is 0.365 e. The number of nitrogens with two attached hydrogens (primary N) is 2. The molecule has 3 aromatic rings. The zero-order valence-electron chi connectivity index (χ0n) is 16.4. The first kappa shape index (κ1) is 19.1. The fourth-order valence-corrected chi connectivity index (χ4v) is 3.78. The number of amides is 1. The molecule has 0 spiro atoms. The third kappa shape index (κ3) is 3.97. The van der Waals surface area contributed by atoms with Crippen LogP contribution in [0.1, 0.15) is 43.0 Å². The Balaban J connectivity index is 1.65. The Morgan fingerprint density at radius 2 is 2.10 bits per heavy atom. The Morgan fingerprint density at radius 1 is 1.24 bits per heavy atom. The van der Waals surface area contributed by atoms with E-state index in [1.54, 1.807) is 6.20 Å². The average Bonchev–Trinajstić information content (AvgIpc) is 2.70. The molecule has 0 aliphatic heterocycles. The fourth-order valence-electron chi connectivity index (χ4n) is 3.78. The molecule has 2 heterocycles. The minimum absolute atomic E-state index is 0.0139. The van der Waals surface area contributed by atoms with E-state index in [-0.39, 0.29) is 17.1 Å². The minimum atomic E-state index is -0.595. The van der Waals surface area contributed by atoms with Crippen molar-refractivity contribution in [2.75, 3.05) is 10.6 Å². The van der Waals surface area contributed by atoms with E-state index in [1.807, 2.05) is 30.3 Å². The highest BCUT2D eigenvalue weighted by atomic mass is 16.1. The number of pyridine rings is 1. The van der Waals surface area contributed by atoms with Crippen molar-refractivity contribution in [3.05, 3.63) is 48.3 Å². The summed E-state index contributed by atoms with van der Waals surface area (Å²) < 4.78 is 0. The molecule has 0 bridgehead atoms. The van der Waals surface area contributed by atoms with Gasteiger partial charge in [0.05, 0.1) is 11.1 Å². The third-order valence-electron chi connectivity index (χ3n) is 5.60. The maximum Gasteiger partial charge on any atom is 0.254 e. The molecule has 6 N–H and O–H groups in total. The van der Waals surface area contributed by atoms with Gasteiger partial charge in [-0.3, -0.25) is 9.78 Å². The van der Waals surface area contributed by atoms with Crippen molar-refractivity contribution in [3.8, 4) is 0 Å². The summed E-state index contributed by atoms with van der Waals surface area (Å²) in [5.41, 5.74) is 13.5. The highest BCUT2D eigenvalue weighted by molar-refractivity contribution is 5.98. The average molecular weight is 391 g/mol. The maximum absolute atomic E-state index is 11.9. The molecule has 1 aliphatic carbocycles. The lowest BCUT2D eigenvalue weighted by Crippen LogP contribution is -2.53. The number of nitrogens with zero attached hydrogens (tertiary/aromatic N) is 3. The summed E-state index contributed by atoms with van der Waals surface area (Å²) in [6.45, 7) is 2.09. The van der Waals surface area contributed by atoms with Crippen molar-refractivity contribution >= 4 is 34.3 Å². The zero-order chi connectivity index (χ0) is 20.4. The second-order valence-electron chi connectivity index (χ2n) is 7.75. The number of carbonyl (C=O) groups is 1. The molecule has 1 saturated carbocycles. The van der Waals surface area contributed by atoms with Gasteiger partial charge in [-0.1, -0.05) is 18.9 Å². The molecule has 150 valence electrons. The van der Waals surface area contributed by atoms with Crippen molar-refractivity contribution in [2.24, 2.45) is 11.5 Å². The molecule has 2 aromatic heterocycles. The predicted octanol–water partition coefficient (Wildman–Crippen LogP) is 2.94. The maximum atomic E-state index is 11.9. The first-order valence-electron chi connectivity index (χ1n) is 9.77. The number of hydrogen-bond donors (Lipinski definition) is 4. The van der Waals surface area contributed by atoms with Gasteiger partial charge in [-0.15, -0.1) is 0 Å². The summed E-state index contributed by atoms with van der Waals surface area (Å²) in [5.74, 6) is 0.174. The number of benzene rings is 1. The standard InChI is InChI=1S/C21H25N7O/c1-21(9-3-2-6-17(21)22)28-20-25-12-15(18(23)29)19(27-20)26-14-7-8-16-13(11-14)5-4-10-24-16/h4-5,7-8,10-12,17H,2-3,6,9,22H2,1H3,(H2,23,29)(H2,25,26,27,28)/t17-,21+/m0/s1. The molecule has 1 fully saturated rings. The minimum Gasteiger partial charge on any atom is -0.365 e. The molecule has 1 aromatic carbocycles. The number of fused-ring (bicyclic) bond motifs is 1. The second-order valence-corrected chi connectivity index (χ2v) is 7.75. The van der Waals surface area contributed by atoms with Crippen LogP contribution in [0.2, 0.25) is 0 Å². The highest BCUT2D eigenvalue weighted by Crippen LogP contribution is 2.30. The molecule has 0 unspecified atom stereocenters. The molecule has 29 heavy (non-hydrogen) atoms. The van der Waals surface area contributed by atoms with Gasteiger partial charge in [0.1, 0.15) is 11.4 Å². The Labute approximate surface area is 169 Å². The van der Waals surface area contributed by atoms with Gasteiger partial charge >= 0.3 is 0 Å². The van der Waals surface area contributed by atoms with Crippen LogP contribution in [-0.2, 0) is 0 Å². The van der Waals surface area contributed by atoms with E-state index < -0.39 is 5.91 Å². The van der Waals surface area contributed by atoms with Gasteiger partial charge in [-0.2, -0.15) is 4.98 Å². The molecule has 1 aliphatic rings. The van der Waals surface area contributed by atoms with Crippen molar-refractivity contribution in [1.29, 1.82) is 0 Å². The molecular weight excluding hydrogens is 366 g/mol. The lowest BCUT2D eigenvalue weighted by Gasteiger charge is -2.40. The normalized spacial score (nSPS) is 21.7. The van der Waals surface area contributed by atoms with Crippen LogP contribution in [0.15, 0.2) is 42.7 Å². The highest BCUT2D eigenvalue weighted by Gasteiger charge is 2.34. The van der Waals surface area contributed by atoms with Gasteiger partial charge in [0, 0.05) is 29.5 Å². The van der Waals surface area contributed by atoms with Gasteiger partial charge in [0.2, 0.25) is 5.95 Å². The van der Waals surface area contributed by atoms with E-state index >= 15 is 0 Å². The van der Waals surface area contributed by atoms with Gasteiger partial charge in [-0.25, -0.2) is 4.98 Å². The number of hydrogen-bond acceptors (Lipinski definition) is 7. The van der Waals surface area contributed by atoms with Crippen LogP contribution in [0.5, 0.6) is 0 Å². The summed E-state index contributed by atoms with van der Waals surface area (Å²) in [6.07, 6.45) is 7.32. The van der Waals surface area contributed by atoms with Crippen molar-refractivity contribution < 1.29 is 4.79 Å². The Bertz CT molecular complexity index is 1050. The molecule has 1 amide bonds. The quantitative estimate of drug-likeness (QED) is 0.526. The number of aromatic nitrogens is 3. The van der Waals surface area contributed by atoms with Gasteiger partial charge in [0.25, 0.3) is 5.91 Å².